The molecule has 1 rings (SSSR count). The Kier molecular flexibility index (Phi) is 3.48. The van der Waals surface area contributed by atoms with Gasteiger partial charge in [-0.05, 0) is 29.3 Å². The molecule has 72 valence electrons. The van der Waals surface area contributed by atoms with E-state index in [1.165, 1.54) is 0 Å². The summed E-state index contributed by atoms with van der Waals surface area (Å²) >= 11 is 3.21. The Balaban J connectivity index is 2.77. The van der Waals surface area contributed by atoms with Gasteiger partial charge in [0.1, 0.15) is 10.4 Å². The third kappa shape index (κ3) is 3.18. The number of nitrogens with zero attached hydrogens (tertiary/aromatic N) is 2. The second kappa shape index (κ2) is 4.41. The van der Waals surface area contributed by atoms with Gasteiger partial charge in [0.2, 0.25) is 0 Å². The molecule has 2 N–H and O–H groups in total. The molecule has 1 aromatic heterocycles. The summed E-state index contributed by atoms with van der Waals surface area (Å²) in [6.45, 7) is 3.99. The molecule has 0 fully saturated rings. The van der Waals surface area contributed by atoms with E-state index in [2.05, 4.69) is 25.9 Å². The molecule has 0 aliphatic heterocycles. The summed E-state index contributed by atoms with van der Waals surface area (Å²) in [5, 5.41) is 0. The van der Waals surface area contributed by atoms with Crippen LogP contribution in [0.4, 0.5) is 5.82 Å². The molecule has 0 amide bonds. The maximum Gasteiger partial charge on any atom is 0.319 e. The fraction of sp³-hybridized carbons (Fsp3) is 0.500. The Morgan fingerprint density at radius 3 is 2.85 bits per heavy atom. The standard InChI is InChI=1S/C8H12BrN3O/c1-3-5(2)13-8-11-6(9)4-7(10)12-8/h4-5H,3H2,1-2H3,(H2,10,11,12). The molecule has 5 heteroatoms. The van der Waals surface area contributed by atoms with E-state index < -0.39 is 0 Å². The van der Waals surface area contributed by atoms with Crippen LogP contribution in [0.3, 0.4) is 0 Å². The Bertz CT molecular complexity index is 272. The summed E-state index contributed by atoms with van der Waals surface area (Å²) in [5.74, 6) is 0.403. The number of hydrogen-bond donors (Lipinski definition) is 1. The molecule has 0 aromatic carbocycles. The molecule has 0 aliphatic rings. The predicted octanol–water partition coefficient (Wildman–Crippen LogP) is 2.00. The average molecular weight is 246 g/mol. The lowest BCUT2D eigenvalue weighted by molar-refractivity contribution is 0.199. The Hall–Kier alpha value is -0.840. The average Bonchev–Trinajstić information content (AvgIpc) is 2.02. The Morgan fingerprint density at radius 2 is 2.31 bits per heavy atom. The predicted molar refractivity (Wildman–Crippen MR) is 54.5 cm³/mol. The van der Waals surface area contributed by atoms with Crippen LogP contribution >= 0.6 is 15.9 Å². The first-order chi connectivity index (χ1) is 6.11. The van der Waals surface area contributed by atoms with Gasteiger partial charge in [-0.3, -0.25) is 0 Å². The van der Waals surface area contributed by atoms with Gasteiger partial charge in [0.25, 0.3) is 0 Å². The number of anilines is 1. The monoisotopic (exact) mass is 245 g/mol. The number of nitrogens with two attached hydrogens (primary N) is 1. The van der Waals surface area contributed by atoms with Gasteiger partial charge in [-0.25, -0.2) is 0 Å². The summed E-state index contributed by atoms with van der Waals surface area (Å²) in [7, 11) is 0. The highest BCUT2D eigenvalue weighted by Gasteiger charge is 2.05. The van der Waals surface area contributed by atoms with Crippen LogP contribution in [0.25, 0.3) is 0 Å². The van der Waals surface area contributed by atoms with Gasteiger partial charge in [-0.15, -0.1) is 0 Å². The van der Waals surface area contributed by atoms with E-state index >= 15 is 0 Å². The van der Waals surface area contributed by atoms with Gasteiger partial charge >= 0.3 is 6.01 Å². The first-order valence-corrected chi connectivity index (χ1v) is 4.87. The Morgan fingerprint density at radius 1 is 1.62 bits per heavy atom. The quantitative estimate of drug-likeness (QED) is 0.828. The molecule has 1 heterocycles. The molecule has 0 radical (unpaired) electrons. The zero-order valence-corrected chi connectivity index (χ0v) is 9.21. The van der Waals surface area contributed by atoms with E-state index in [0.29, 0.717) is 16.4 Å². The van der Waals surface area contributed by atoms with Gasteiger partial charge in [0, 0.05) is 6.07 Å². The lowest BCUT2D eigenvalue weighted by Crippen LogP contribution is -2.12. The maximum atomic E-state index is 5.52. The van der Waals surface area contributed by atoms with Crippen LogP contribution in [-0.4, -0.2) is 16.1 Å². The van der Waals surface area contributed by atoms with Gasteiger partial charge in [-0.2, -0.15) is 9.97 Å². The van der Waals surface area contributed by atoms with Gasteiger partial charge in [0.15, 0.2) is 0 Å². The van der Waals surface area contributed by atoms with Crippen molar-refractivity contribution >= 4 is 21.7 Å². The zero-order chi connectivity index (χ0) is 9.84. The third-order valence-corrected chi connectivity index (χ3v) is 1.98. The van der Waals surface area contributed by atoms with E-state index in [4.69, 9.17) is 10.5 Å². The summed E-state index contributed by atoms with van der Waals surface area (Å²) in [6, 6.07) is 1.95. The van der Waals surface area contributed by atoms with Crippen molar-refractivity contribution in [1.82, 2.24) is 9.97 Å². The van der Waals surface area contributed by atoms with Crippen molar-refractivity contribution in [2.75, 3.05) is 5.73 Å². The first-order valence-electron chi connectivity index (χ1n) is 4.08. The van der Waals surface area contributed by atoms with E-state index in [1.54, 1.807) is 6.07 Å². The molecule has 0 spiro atoms. The summed E-state index contributed by atoms with van der Waals surface area (Å²) in [6.07, 6.45) is 1.02. The van der Waals surface area contributed by atoms with Crippen molar-refractivity contribution in [2.24, 2.45) is 0 Å². The van der Waals surface area contributed by atoms with Gasteiger partial charge < -0.3 is 10.5 Å². The fourth-order valence-corrected chi connectivity index (χ4v) is 1.12. The maximum absolute atomic E-state index is 5.52. The van der Waals surface area contributed by atoms with Crippen LogP contribution in [0.1, 0.15) is 20.3 Å². The second-order valence-corrected chi connectivity index (χ2v) is 3.55. The number of hydrogen-bond acceptors (Lipinski definition) is 4. The molecular weight excluding hydrogens is 234 g/mol. The molecule has 4 nitrogen and oxygen atoms in total. The van der Waals surface area contributed by atoms with E-state index in [9.17, 15) is 0 Å². The van der Waals surface area contributed by atoms with Crippen molar-refractivity contribution in [3.8, 4) is 6.01 Å². The van der Waals surface area contributed by atoms with Crippen LogP contribution < -0.4 is 10.5 Å². The molecule has 0 saturated carbocycles. The van der Waals surface area contributed by atoms with Crippen molar-refractivity contribution < 1.29 is 4.74 Å². The number of nitrogen functional groups attached to an aromatic ring is 1. The van der Waals surface area contributed by atoms with Crippen molar-refractivity contribution in [1.29, 1.82) is 0 Å². The molecule has 13 heavy (non-hydrogen) atoms. The Labute approximate surface area is 85.7 Å². The molecular formula is C8H12BrN3O. The van der Waals surface area contributed by atoms with E-state index in [1.807, 2.05) is 13.8 Å². The van der Waals surface area contributed by atoms with Crippen molar-refractivity contribution in [3.05, 3.63) is 10.7 Å². The lowest BCUT2D eigenvalue weighted by atomic mass is 10.3. The SMILES string of the molecule is CCC(C)Oc1nc(N)cc(Br)n1. The highest BCUT2D eigenvalue weighted by molar-refractivity contribution is 9.10. The largest absolute Gasteiger partial charge is 0.460 e. The zero-order valence-electron chi connectivity index (χ0n) is 7.62. The molecule has 0 aliphatic carbocycles. The van der Waals surface area contributed by atoms with Crippen LogP contribution in [0.2, 0.25) is 0 Å². The summed E-state index contributed by atoms with van der Waals surface area (Å²) in [4.78, 5) is 7.96. The van der Waals surface area contributed by atoms with Crippen LogP contribution in [0.15, 0.2) is 10.7 Å². The van der Waals surface area contributed by atoms with E-state index in [-0.39, 0.29) is 6.10 Å². The normalized spacial score (nSPS) is 12.5. The smallest absolute Gasteiger partial charge is 0.319 e. The highest BCUT2D eigenvalue weighted by atomic mass is 79.9. The summed E-state index contributed by atoms with van der Waals surface area (Å²) in [5.41, 5.74) is 5.52. The minimum atomic E-state index is 0.105. The lowest BCUT2D eigenvalue weighted by Gasteiger charge is -2.10. The molecule has 1 atom stereocenters. The third-order valence-electron chi connectivity index (χ3n) is 1.58. The van der Waals surface area contributed by atoms with Crippen LogP contribution in [0.5, 0.6) is 6.01 Å². The second-order valence-electron chi connectivity index (χ2n) is 2.73. The van der Waals surface area contributed by atoms with E-state index in [0.717, 1.165) is 6.42 Å². The summed E-state index contributed by atoms with van der Waals surface area (Å²) < 4.78 is 6.03. The molecule has 1 unspecified atom stereocenters. The topological polar surface area (TPSA) is 61.0 Å². The molecule has 0 saturated heterocycles. The minimum absolute atomic E-state index is 0.105. The van der Waals surface area contributed by atoms with Gasteiger partial charge in [0.05, 0.1) is 6.10 Å². The molecule has 0 bridgehead atoms. The number of ether oxygens (including phenoxy) is 1. The number of halogens is 1. The number of rotatable bonds is 3. The van der Waals surface area contributed by atoms with Gasteiger partial charge in [-0.1, -0.05) is 6.92 Å². The first kappa shape index (κ1) is 10.2. The fourth-order valence-electron chi connectivity index (χ4n) is 0.729. The molecule has 1 aromatic rings. The van der Waals surface area contributed by atoms with Crippen LogP contribution in [-0.2, 0) is 0 Å². The minimum Gasteiger partial charge on any atom is -0.460 e. The van der Waals surface area contributed by atoms with Crippen molar-refractivity contribution in [3.63, 3.8) is 0 Å². The van der Waals surface area contributed by atoms with Crippen molar-refractivity contribution in [2.45, 2.75) is 26.4 Å². The highest BCUT2D eigenvalue weighted by Crippen LogP contribution is 2.15. The van der Waals surface area contributed by atoms with Crippen LogP contribution in [0, 0.1) is 0 Å². The number of aromatic nitrogens is 2.